The Morgan fingerprint density at radius 3 is 1.37 bits per heavy atom. The van der Waals surface area contributed by atoms with Crippen LogP contribution in [-0.4, -0.2) is 121 Å². The van der Waals surface area contributed by atoms with Crippen LogP contribution in [0.5, 0.6) is 0 Å². The average molecular weight is 1040 g/mol. The van der Waals surface area contributed by atoms with Crippen LogP contribution < -0.4 is 13.9 Å². The zero-order valence-corrected chi connectivity index (χ0v) is 41.6. The molecule has 2 aliphatic carbocycles. The third-order valence-electron chi connectivity index (χ3n) is 11.8. The van der Waals surface area contributed by atoms with E-state index in [1.54, 1.807) is 48.5 Å². The van der Waals surface area contributed by atoms with Gasteiger partial charge < -0.3 is 14.8 Å². The highest BCUT2D eigenvalue weighted by Gasteiger charge is 2.36. The number of carbonyl (C=O) groups excluding carboxylic acids is 3. The Labute approximate surface area is 413 Å². The first-order valence-corrected chi connectivity index (χ1v) is 25.3. The fraction of sp³-hybridized carbons (Fsp3) is 0.413. The van der Waals surface area contributed by atoms with E-state index >= 15 is 0 Å². The molecule has 370 valence electrons. The lowest BCUT2D eigenvalue weighted by molar-refractivity contribution is -0.123. The zero-order valence-electron chi connectivity index (χ0n) is 37.6. The molecule has 0 aromatic heterocycles. The van der Waals surface area contributed by atoms with Crippen LogP contribution in [-0.2, 0) is 47.8 Å². The molecule has 8 rings (SSSR count). The molecular formula is C46H55Cl3F2N6O9S2. The highest BCUT2D eigenvalue weighted by atomic mass is 35.5. The van der Waals surface area contributed by atoms with Gasteiger partial charge in [-0.1, -0.05) is 53.9 Å². The molecule has 15 nitrogen and oxygen atoms in total. The number of hydrogen-bond acceptors (Lipinski definition) is 11. The summed E-state index contributed by atoms with van der Waals surface area (Å²) in [5, 5.41) is 2.80. The standard InChI is InChI=1S/C23H27ClFN3O4S.C19H21ClFN3O4S.C4H6O.ClH/c1-32-23(29)18-7-5-17(6-8-18)16-28(20-9-10-22(25)21(24)15-20)33(30,31)27-13-11-26(12-14-27)19-3-2-4-19;1-28-19(25)15-4-2-14(3-5-15)13-24(16-6-7-18(21)17(20)12-16)29(26,27)23-10-8-22-9-11-23;5-4-2-1-3-4;/h5-10,15,19H,2-4,11-14,16H2,1H3;2-7,12,22H,8-11,13H2,1H3;1-3H2;1H. The van der Waals surface area contributed by atoms with Crippen molar-refractivity contribution in [2.24, 2.45) is 0 Å². The van der Waals surface area contributed by atoms with Crippen LogP contribution in [0.2, 0.25) is 10.0 Å². The van der Waals surface area contributed by atoms with Gasteiger partial charge in [-0.05, 0) is 91.1 Å². The van der Waals surface area contributed by atoms with Crippen molar-refractivity contribution in [3.63, 3.8) is 0 Å². The summed E-state index contributed by atoms with van der Waals surface area (Å²) in [6.45, 7) is 3.92. The Kier molecular flexibility index (Phi) is 20.0. The number of ketones is 1. The first-order valence-electron chi connectivity index (χ1n) is 21.8. The summed E-state index contributed by atoms with van der Waals surface area (Å²) in [7, 11) is -5.20. The second-order valence-electron chi connectivity index (χ2n) is 16.2. The Balaban J connectivity index is 0.000000228. The third-order valence-corrected chi connectivity index (χ3v) is 16.3. The first kappa shape index (κ1) is 54.5. The van der Waals surface area contributed by atoms with Crippen molar-refractivity contribution >= 4 is 85.1 Å². The van der Waals surface area contributed by atoms with Gasteiger partial charge in [-0.2, -0.15) is 25.4 Å². The lowest BCUT2D eigenvalue weighted by Crippen LogP contribution is -2.56. The molecule has 0 atom stereocenters. The lowest BCUT2D eigenvalue weighted by Gasteiger charge is -2.43. The van der Waals surface area contributed by atoms with Gasteiger partial charge in [-0.3, -0.25) is 18.3 Å². The quantitative estimate of drug-likeness (QED) is 0.134. The topological polar surface area (TPSA) is 166 Å². The van der Waals surface area contributed by atoms with E-state index in [1.807, 2.05) is 0 Å². The van der Waals surface area contributed by atoms with Crippen LogP contribution in [0.4, 0.5) is 20.2 Å². The number of hydrogen-bond donors (Lipinski definition) is 1. The van der Waals surface area contributed by atoms with E-state index in [-0.39, 0.29) is 46.9 Å². The summed E-state index contributed by atoms with van der Waals surface area (Å²) in [5.74, 6) is -1.76. The van der Waals surface area contributed by atoms with Gasteiger partial charge >= 0.3 is 32.4 Å². The van der Waals surface area contributed by atoms with Crippen molar-refractivity contribution in [3.8, 4) is 0 Å². The van der Waals surface area contributed by atoms with Crippen LogP contribution in [0.1, 0.15) is 70.4 Å². The largest absolute Gasteiger partial charge is 0.465 e. The SMILES string of the molecule is COC(=O)c1ccc(CN(c2ccc(F)c(Cl)c2)S(=O)(=O)N2CCN(C3CCC3)CC2)cc1.COC(=O)c1ccc(CN(c2ccc(F)c(Cl)c2)S(=O)(=O)N2CCNCC2)cc1.Cl.O=C1CCC1. The van der Waals surface area contributed by atoms with Gasteiger partial charge in [-0.15, -0.1) is 12.4 Å². The third kappa shape index (κ3) is 13.9. The minimum absolute atomic E-state index is 0. The molecule has 0 unspecified atom stereocenters. The van der Waals surface area contributed by atoms with Gasteiger partial charge in [0.2, 0.25) is 0 Å². The van der Waals surface area contributed by atoms with Crippen LogP contribution >= 0.6 is 35.6 Å². The minimum Gasteiger partial charge on any atom is -0.465 e. The molecule has 4 aliphatic rings. The summed E-state index contributed by atoms with van der Waals surface area (Å²) < 4.78 is 96.1. The zero-order chi connectivity index (χ0) is 48.3. The Morgan fingerprint density at radius 2 is 1.04 bits per heavy atom. The fourth-order valence-electron chi connectivity index (χ4n) is 7.48. The Morgan fingerprint density at radius 1 is 0.647 bits per heavy atom. The van der Waals surface area contributed by atoms with Gasteiger partial charge in [0.1, 0.15) is 17.4 Å². The Bertz CT molecular complexity index is 2580. The molecule has 2 saturated carbocycles. The monoisotopic (exact) mass is 1040 g/mol. The van der Waals surface area contributed by atoms with Crippen LogP contribution in [0, 0.1) is 11.6 Å². The maximum atomic E-state index is 13.8. The van der Waals surface area contributed by atoms with Crippen molar-refractivity contribution in [1.82, 2.24) is 18.8 Å². The number of benzene rings is 4. The second-order valence-corrected chi connectivity index (χ2v) is 20.7. The molecule has 4 aromatic carbocycles. The number of esters is 2. The predicted molar refractivity (Wildman–Crippen MR) is 260 cm³/mol. The number of methoxy groups -OCH3 is 2. The number of nitrogens with one attached hydrogen (secondary N) is 1. The summed E-state index contributed by atoms with van der Waals surface area (Å²) >= 11 is 11.9. The minimum atomic E-state index is -3.91. The molecule has 2 saturated heterocycles. The van der Waals surface area contributed by atoms with Crippen LogP contribution in [0.3, 0.4) is 0 Å². The fourth-order valence-corrected chi connectivity index (χ4v) is 11.0. The highest BCUT2D eigenvalue weighted by molar-refractivity contribution is 7.90. The van der Waals surface area contributed by atoms with E-state index in [0.717, 1.165) is 31.4 Å². The van der Waals surface area contributed by atoms with Crippen molar-refractivity contribution in [3.05, 3.63) is 129 Å². The lowest BCUT2D eigenvalue weighted by atomic mass is 9.91. The molecule has 4 aromatic rings. The molecule has 68 heavy (non-hydrogen) atoms. The van der Waals surface area contributed by atoms with E-state index in [2.05, 4.69) is 15.0 Å². The molecule has 22 heteroatoms. The van der Waals surface area contributed by atoms with E-state index in [1.165, 1.54) is 75.0 Å². The normalized spacial score (nSPS) is 16.8. The van der Waals surface area contributed by atoms with Crippen molar-refractivity contribution in [1.29, 1.82) is 0 Å². The number of ether oxygens (including phenoxy) is 2. The smallest absolute Gasteiger partial charge is 0.337 e. The number of carbonyl (C=O) groups is 3. The number of piperazine rings is 2. The summed E-state index contributed by atoms with van der Waals surface area (Å²) in [4.78, 5) is 35.6. The number of anilines is 2. The van der Waals surface area contributed by atoms with E-state index in [0.29, 0.717) is 86.4 Å². The molecule has 2 heterocycles. The average Bonchev–Trinajstić information content (AvgIpc) is 3.31. The molecule has 0 amide bonds. The maximum Gasteiger partial charge on any atom is 0.337 e. The summed E-state index contributed by atoms with van der Waals surface area (Å²) in [6, 6.07) is 21.2. The highest BCUT2D eigenvalue weighted by Crippen LogP contribution is 2.31. The molecule has 4 fully saturated rings. The van der Waals surface area contributed by atoms with Crippen molar-refractivity contribution in [2.75, 3.05) is 75.2 Å². The van der Waals surface area contributed by atoms with Gasteiger partial charge in [0.05, 0.1) is 59.9 Å². The molecule has 1 N–H and O–H groups in total. The van der Waals surface area contributed by atoms with E-state index in [9.17, 15) is 40.0 Å². The van der Waals surface area contributed by atoms with Crippen molar-refractivity contribution < 1.29 is 49.5 Å². The molecule has 0 bridgehead atoms. The first-order chi connectivity index (χ1) is 32.0. The number of halogens is 5. The Hall–Kier alpha value is -4.44. The number of nitrogens with zero attached hydrogens (tertiary/aromatic N) is 5. The second kappa shape index (κ2) is 24.9. The summed E-state index contributed by atoms with van der Waals surface area (Å²) in [5.41, 5.74) is 2.58. The van der Waals surface area contributed by atoms with Gasteiger partial charge in [-0.25, -0.2) is 18.4 Å². The van der Waals surface area contributed by atoms with E-state index in [4.69, 9.17) is 27.9 Å². The van der Waals surface area contributed by atoms with E-state index < -0.39 is 44.0 Å². The maximum absolute atomic E-state index is 13.8. The van der Waals surface area contributed by atoms with Crippen molar-refractivity contribution in [2.45, 2.75) is 57.7 Å². The molecule has 0 spiro atoms. The van der Waals surface area contributed by atoms with Crippen LogP contribution in [0.25, 0.3) is 0 Å². The van der Waals surface area contributed by atoms with Gasteiger partial charge in [0.25, 0.3) is 0 Å². The number of Topliss-reactive ketones (excluding diaryl/α,β-unsaturated/α-hetero) is 1. The molecular weight excluding hydrogens is 989 g/mol. The predicted octanol–water partition coefficient (Wildman–Crippen LogP) is 7.27. The summed E-state index contributed by atoms with van der Waals surface area (Å²) in [6.07, 6.45) is 6.42. The van der Waals surface area contributed by atoms with Crippen LogP contribution in [0.15, 0.2) is 84.9 Å². The number of rotatable bonds is 13. The molecule has 0 radical (unpaired) electrons. The van der Waals surface area contributed by atoms with Gasteiger partial charge in [0, 0.05) is 71.2 Å². The van der Waals surface area contributed by atoms with Gasteiger partial charge in [0.15, 0.2) is 0 Å². The molecule has 2 aliphatic heterocycles.